The number of hydrogen-bond donors (Lipinski definition) is 0. The summed E-state index contributed by atoms with van der Waals surface area (Å²) in [5.41, 5.74) is 1.09. The van der Waals surface area contributed by atoms with Crippen molar-refractivity contribution < 1.29 is 9.53 Å². The topological polar surface area (TPSA) is 60.2 Å². The van der Waals surface area contributed by atoms with Gasteiger partial charge < -0.3 is 14.2 Å². The van der Waals surface area contributed by atoms with Crippen LogP contribution in [0.2, 0.25) is 0 Å². The van der Waals surface area contributed by atoms with Crippen LogP contribution < -0.4 is 0 Å². The molecule has 1 amide bonds. The van der Waals surface area contributed by atoms with Crippen molar-refractivity contribution in [1.29, 1.82) is 0 Å². The van der Waals surface area contributed by atoms with Crippen molar-refractivity contribution in [2.75, 3.05) is 19.7 Å². The Labute approximate surface area is 160 Å². The van der Waals surface area contributed by atoms with Crippen molar-refractivity contribution in [1.82, 2.24) is 19.7 Å². The Morgan fingerprint density at radius 3 is 2.85 bits per heavy atom. The SMILES string of the molecule is O=C(COCc1ccccc1)N1CCCC(c2nnc3n2CCCCC3)C1. The molecule has 0 bridgehead atoms. The first-order valence-electron chi connectivity index (χ1n) is 10.1. The second-order valence-corrected chi connectivity index (χ2v) is 7.59. The van der Waals surface area contributed by atoms with Crippen molar-refractivity contribution in [3.8, 4) is 0 Å². The standard InChI is InChI=1S/C21H28N4O2/c26-20(16-27-15-17-8-3-1-4-9-17)24-12-7-10-18(14-24)21-23-22-19-11-5-2-6-13-25(19)21/h1,3-4,8-9,18H,2,5-7,10-16H2. The molecule has 1 fully saturated rings. The molecule has 2 aromatic rings. The number of benzene rings is 1. The van der Waals surface area contributed by atoms with E-state index in [1.54, 1.807) is 0 Å². The van der Waals surface area contributed by atoms with Crippen molar-refractivity contribution in [3.05, 3.63) is 47.5 Å². The molecule has 1 unspecified atom stereocenters. The summed E-state index contributed by atoms with van der Waals surface area (Å²) in [5, 5.41) is 8.93. The summed E-state index contributed by atoms with van der Waals surface area (Å²) in [6.45, 7) is 3.17. The molecule has 2 aliphatic rings. The number of aromatic nitrogens is 3. The molecule has 1 saturated heterocycles. The second kappa shape index (κ2) is 8.65. The van der Waals surface area contributed by atoms with E-state index in [4.69, 9.17) is 4.74 Å². The highest BCUT2D eigenvalue weighted by Crippen LogP contribution is 2.28. The summed E-state index contributed by atoms with van der Waals surface area (Å²) < 4.78 is 7.96. The monoisotopic (exact) mass is 368 g/mol. The largest absolute Gasteiger partial charge is 0.367 e. The molecule has 6 nitrogen and oxygen atoms in total. The molecular formula is C21H28N4O2. The highest BCUT2D eigenvalue weighted by atomic mass is 16.5. The zero-order chi connectivity index (χ0) is 18.5. The van der Waals surface area contributed by atoms with Crippen LogP contribution >= 0.6 is 0 Å². The summed E-state index contributed by atoms with van der Waals surface area (Å²) in [6, 6.07) is 9.97. The maximum absolute atomic E-state index is 12.6. The maximum atomic E-state index is 12.6. The van der Waals surface area contributed by atoms with Gasteiger partial charge >= 0.3 is 0 Å². The molecule has 144 valence electrons. The van der Waals surface area contributed by atoms with Gasteiger partial charge in [-0.2, -0.15) is 0 Å². The van der Waals surface area contributed by atoms with Crippen LogP contribution in [-0.4, -0.2) is 45.3 Å². The third-order valence-electron chi connectivity index (χ3n) is 5.61. The third-order valence-corrected chi connectivity index (χ3v) is 5.61. The van der Waals surface area contributed by atoms with E-state index in [1.807, 2.05) is 35.2 Å². The van der Waals surface area contributed by atoms with E-state index in [0.29, 0.717) is 6.61 Å². The Hall–Kier alpha value is -2.21. The van der Waals surface area contributed by atoms with E-state index < -0.39 is 0 Å². The van der Waals surface area contributed by atoms with Gasteiger partial charge in [-0.1, -0.05) is 36.8 Å². The lowest BCUT2D eigenvalue weighted by Crippen LogP contribution is -2.41. The Morgan fingerprint density at radius 2 is 1.96 bits per heavy atom. The number of ether oxygens (including phenoxy) is 1. The number of amides is 1. The second-order valence-electron chi connectivity index (χ2n) is 7.59. The fraction of sp³-hybridized carbons (Fsp3) is 0.571. The summed E-state index contributed by atoms with van der Waals surface area (Å²) in [4.78, 5) is 14.5. The number of nitrogens with zero attached hydrogens (tertiary/aromatic N) is 4. The average molecular weight is 368 g/mol. The summed E-state index contributed by atoms with van der Waals surface area (Å²) in [5.74, 6) is 2.56. The Morgan fingerprint density at radius 1 is 1.07 bits per heavy atom. The lowest BCUT2D eigenvalue weighted by molar-refractivity contribution is -0.137. The lowest BCUT2D eigenvalue weighted by atomic mass is 9.97. The number of carbonyl (C=O) groups is 1. The molecule has 1 atom stereocenters. The molecule has 0 N–H and O–H groups in total. The van der Waals surface area contributed by atoms with Crippen molar-refractivity contribution in [2.24, 2.45) is 0 Å². The zero-order valence-corrected chi connectivity index (χ0v) is 15.8. The van der Waals surface area contributed by atoms with Crippen LogP contribution in [0, 0.1) is 0 Å². The number of hydrogen-bond acceptors (Lipinski definition) is 4. The van der Waals surface area contributed by atoms with E-state index in [2.05, 4.69) is 14.8 Å². The number of carbonyl (C=O) groups excluding carboxylic acids is 1. The normalized spacial score (nSPS) is 20.1. The average Bonchev–Trinajstić information content (AvgIpc) is 2.97. The predicted octanol–water partition coefficient (Wildman–Crippen LogP) is 2.93. The van der Waals surface area contributed by atoms with Gasteiger partial charge in [0.25, 0.3) is 0 Å². The predicted molar refractivity (Wildman–Crippen MR) is 102 cm³/mol. The van der Waals surface area contributed by atoms with E-state index in [-0.39, 0.29) is 18.4 Å². The smallest absolute Gasteiger partial charge is 0.248 e. The zero-order valence-electron chi connectivity index (χ0n) is 15.8. The van der Waals surface area contributed by atoms with Crippen LogP contribution in [0.25, 0.3) is 0 Å². The maximum Gasteiger partial charge on any atom is 0.248 e. The molecule has 6 heteroatoms. The minimum atomic E-state index is 0.0752. The molecule has 1 aromatic heterocycles. The molecule has 2 aliphatic heterocycles. The highest BCUT2D eigenvalue weighted by Gasteiger charge is 2.29. The molecule has 0 radical (unpaired) electrons. The van der Waals surface area contributed by atoms with Crippen LogP contribution in [0.4, 0.5) is 0 Å². The fourth-order valence-electron chi connectivity index (χ4n) is 4.15. The molecule has 1 aromatic carbocycles. The minimum Gasteiger partial charge on any atom is -0.367 e. The molecular weight excluding hydrogens is 340 g/mol. The van der Waals surface area contributed by atoms with Gasteiger partial charge in [0.1, 0.15) is 18.3 Å². The molecule has 0 spiro atoms. The van der Waals surface area contributed by atoms with Gasteiger partial charge in [0.05, 0.1) is 6.61 Å². The first-order valence-corrected chi connectivity index (χ1v) is 10.1. The summed E-state index contributed by atoms with van der Waals surface area (Å²) >= 11 is 0. The van der Waals surface area contributed by atoms with Gasteiger partial charge in [0.2, 0.25) is 5.91 Å². The van der Waals surface area contributed by atoms with Crippen LogP contribution in [0.3, 0.4) is 0 Å². The van der Waals surface area contributed by atoms with Crippen molar-refractivity contribution >= 4 is 5.91 Å². The molecule has 3 heterocycles. The lowest BCUT2D eigenvalue weighted by Gasteiger charge is -2.32. The van der Waals surface area contributed by atoms with Crippen LogP contribution in [0.5, 0.6) is 0 Å². The van der Waals surface area contributed by atoms with E-state index in [1.165, 1.54) is 19.3 Å². The van der Waals surface area contributed by atoms with Gasteiger partial charge in [0, 0.05) is 32.0 Å². The molecule has 4 rings (SSSR count). The first kappa shape index (κ1) is 18.2. The van der Waals surface area contributed by atoms with Gasteiger partial charge in [-0.3, -0.25) is 4.79 Å². The van der Waals surface area contributed by atoms with Crippen LogP contribution in [0.15, 0.2) is 30.3 Å². The molecule has 0 aliphatic carbocycles. The van der Waals surface area contributed by atoms with E-state index in [0.717, 1.165) is 56.1 Å². The number of piperidine rings is 1. The number of rotatable bonds is 5. The van der Waals surface area contributed by atoms with Gasteiger partial charge in [-0.25, -0.2) is 0 Å². The van der Waals surface area contributed by atoms with Gasteiger partial charge in [-0.15, -0.1) is 10.2 Å². The highest BCUT2D eigenvalue weighted by molar-refractivity contribution is 5.77. The Bertz CT molecular complexity index is 759. The van der Waals surface area contributed by atoms with Gasteiger partial charge in [-0.05, 0) is 31.2 Å². The quantitative estimate of drug-likeness (QED) is 0.814. The Balaban J connectivity index is 1.34. The molecule has 0 saturated carbocycles. The number of likely N-dealkylation sites (tertiary alicyclic amines) is 1. The minimum absolute atomic E-state index is 0.0752. The van der Waals surface area contributed by atoms with Crippen molar-refractivity contribution in [2.45, 2.75) is 57.6 Å². The Kier molecular flexibility index (Phi) is 5.82. The van der Waals surface area contributed by atoms with Crippen LogP contribution in [0.1, 0.15) is 55.2 Å². The van der Waals surface area contributed by atoms with Crippen LogP contribution in [-0.2, 0) is 29.1 Å². The summed E-state index contributed by atoms with van der Waals surface area (Å²) in [7, 11) is 0. The van der Waals surface area contributed by atoms with E-state index >= 15 is 0 Å². The summed E-state index contributed by atoms with van der Waals surface area (Å²) in [6.07, 6.45) is 6.77. The van der Waals surface area contributed by atoms with E-state index in [9.17, 15) is 4.79 Å². The molecule has 27 heavy (non-hydrogen) atoms. The third kappa shape index (κ3) is 4.38. The fourth-order valence-corrected chi connectivity index (χ4v) is 4.15. The van der Waals surface area contributed by atoms with Gasteiger partial charge in [0.15, 0.2) is 0 Å². The number of aryl methyl sites for hydroxylation is 1. The number of fused-ring (bicyclic) bond motifs is 1. The first-order chi connectivity index (χ1) is 13.3. The van der Waals surface area contributed by atoms with Crippen molar-refractivity contribution in [3.63, 3.8) is 0 Å².